The van der Waals surface area contributed by atoms with E-state index in [0.29, 0.717) is 5.41 Å². The van der Waals surface area contributed by atoms with Crippen molar-refractivity contribution >= 4 is 9.39 Å². The van der Waals surface area contributed by atoms with Gasteiger partial charge >= 0.3 is 0 Å². The van der Waals surface area contributed by atoms with Gasteiger partial charge in [0.05, 0.1) is 0 Å². The fourth-order valence-corrected chi connectivity index (χ4v) is 2.03. The van der Waals surface area contributed by atoms with E-state index in [-0.39, 0.29) is 0 Å². The molecule has 2 heteroatoms. The Labute approximate surface area is 65.5 Å². The molecule has 0 saturated heterocycles. The predicted octanol–water partition coefficient (Wildman–Crippen LogP) is 1.82. The lowest BCUT2D eigenvalue weighted by atomic mass is 10.1. The first kappa shape index (κ1) is 8.23. The van der Waals surface area contributed by atoms with Crippen molar-refractivity contribution in [1.82, 2.24) is 5.09 Å². The summed E-state index contributed by atoms with van der Waals surface area (Å²) in [6.45, 7) is 9.50. The molecule has 0 aromatic rings. The molecule has 1 nitrogen and oxygen atoms in total. The van der Waals surface area contributed by atoms with Gasteiger partial charge in [-0.25, -0.2) is 0 Å². The van der Waals surface area contributed by atoms with E-state index in [4.69, 9.17) is 0 Å². The highest BCUT2D eigenvalue weighted by molar-refractivity contribution is 7.13. The molecule has 0 amide bonds. The number of nitrogens with one attached hydrogen (secondary N) is 1. The van der Waals surface area contributed by atoms with Crippen LogP contribution >= 0.6 is 9.39 Å². The van der Waals surface area contributed by atoms with Crippen LogP contribution in [-0.4, -0.2) is 6.54 Å². The summed E-state index contributed by atoms with van der Waals surface area (Å²) >= 11 is 0. The minimum Gasteiger partial charge on any atom is -0.300 e. The Bertz CT molecular complexity index is 142. The van der Waals surface area contributed by atoms with Gasteiger partial charge in [-0.3, -0.25) is 0 Å². The molecule has 1 rings (SSSR count). The summed E-state index contributed by atoms with van der Waals surface area (Å²) in [5.41, 5.74) is 0.491. The third-order valence-electron chi connectivity index (χ3n) is 2.73. The lowest BCUT2D eigenvalue weighted by Crippen LogP contribution is -2.06. The first-order valence-electron chi connectivity index (χ1n) is 3.70. The summed E-state index contributed by atoms with van der Waals surface area (Å²) in [5.74, 6) is 1.52. The van der Waals surface area contributed by atoms with Crippen molar-refractivity contribution < 1.29 is 0 Å². The molecule has 0 aliphatic heterocycles. The monoisotopic (exact) mass is 157 g/mol. The maximum absolute atomic E-state index is 3.82. The Morgan fingerprint density at radius 1 is 1.70 bits per heavy atom. The van der Waals surface area contributed by atoms with Crippen molar-refractivity contribution in [3.8, 4) is 0 Å². The van der Waals surface area contributed by atoms with Crippen molar-refractivity contribution in [2.45, 2.75) is 13.8 Å². The molecule has 0 heterocycles. The smallest absolute Gasteiger partial charge is 0.00251 e. The molecule has 0 aromatic carbocycles. The second kappa shape index (κ2) is 2.64. The van der Waals surface area contributed by atoms with E-state index in [0.717, 1.165) is 18.4 Å². The summed E-state index contributed by atoms with van der Waals surface area (Å²) < 4.78 is 0. The van der Waals surface area contributed by atoms with E-state index in [1.165, 1.54) is 0 Å². The summed E-state index contributed by atoms with van der Waals surface area (Å²) in [6, 6.07) is 0. The topological polar surface area (TPSA) is 12.0 Å². The van der Waals surface area contributed by atoms with Gasteiger partial charge in [0.15, 0.2) is 0 Å². The molecule has 3 unspecified atom stereocenters. The van der Waals surface area contributed by atoms with E-state index >= 15 is 0 Å². The molecule has 0 spiro atoms. The lowest BCUT2D eigenvalue weighted by Gasteiger charge is -1.99. The van der Waals surface area contributed by atoms with Crippen molar-refractivity contribution in [3.05, 3.63) is 12.7 Å². The predicted molar refractivity (Wildman–Crippen MR) is 48.7 cm³/mol. The van der Waals surface area contributed by atoms with Gasteiger partial charge in [-0.05, 0) is 17.3 Å². The highest BCUT2D eigenvalue weighted by Crippen LogP contribution is 2.58. The molecule has 3 atom stereocenters. The van der Waals surface area contributed by atoms with Crippen LogP contribution in [0.4, 0.5) is 0 Å². The minimum absolute atomic E-state index is 0.491. The Hall–Kier alpha value is 0.130. The van der Waals surface area contributed by atoms with Gasteiger partial charge in [-0.15, -0.1) is 6.58 Å². The second-order valence-corrected chi connectivity index (χ2v) is 4.01. The van der Waals surface area contributed by atoms with Crippen LogP contribution in [-0.2, 0) is 0 Å². The zero-order valence-corrected chi connectivity index (χ0v) is 7.88. The molecule has 0 aromatic heterocycles. The van der Waals surface area contributed by atoms with Crippen molar-refractivity contribution in [2.75, 3.05) is 6.54 Å². The molecular weight excluding hydrogens is 141 g/mol. The van der Waals surface area contributed by atoms with E-state index in [9.17, 15) is 0 Å². The largest absolute Gasteiger partial charge is 0.300 e. The van der Waals surface area contributed by atoms with Crippen LogP contribution in [0.2, 0.25) is 0 Å². The molecule has 58 valence electrons. The molecule has 1 aliphatic carbocycles. The summed E-state index contributed by atoms with van der Waals surface area (Å²) in [7, 11) is 2.54. The maximum Gasteiger partial charge on any atom is 0.00251 e. The molecule has 1 N–H and O–H groups in total. The van der Waals surface area contributed by atoms with E-state index in [2.05, 4.69) is 41.0 Å². The first-order chi connectivity index (χ1) is 4.64. The van der Waals surface area contributed by atoms with Crippen LogP contribution in [0, 0.1) is 17.3 Å². The first-order valence-corrected chi connectivity index (χ1v) is 4.28. The molecule has 0 radical (unpaired) electrons. The van der Waals surface area contributed by atoms with Crippen LogP contribution in [0.15, 0.2) is 12.7 Å². The summed E-state index contributed by atoms with van der Waals surface area (Å²) in [6.07, 6.45) is 2.08. The number of allylic oxidation sites excluding steroid dienone is 1. The molecule has 10 heavy (non-hydrogen) atoms. The van der Waals surface area contributed by atoms with Crippen LogP contribution < -0.4 is 5.09 Å². The standard InChI is InChI=1S/C8H16NP/c1-4-6-7(5-9-10)8(6,2)3/h4,6-7,9H,1,5,10H2,2-3H3. The minimum atomic E-state index is 0.491. The molecule has 1 fully saturated rings. The molecule has 1 saturated carbocycles. The zero-order valence-electron chi connectivity index (χ0n) is 6.72. The lowest BCUT2D eigenvalue weighted by molar-refractivity contribution is 0.549. The Morgan fingerprint density at radius 2 is 2.30 bits per heavy atom. The highest BCUT2D eigenvalue weighted by Gasteiger charge is 2.54. The quantitative estimate of drug-likeness (QED) is 0.486. The van der Waals surface area contributed by atoms with Crippen LogP contribution in [0.25, 0.3) is 0 Å². The zero-order chi connectivity index (χ0) is 7.78. The van der Waals surface area contributed by atoms with Crippen molar-refractivity contribution in [3.63, 3.8) is 0 Å². The average Bonchev–Trinajstić information content (AvgIpc) is 2.36. The van der Waals surface area contributed by atoms with Crippen molar-refractivity contribution in [2.24, 2.45) is 17.3 Å². The third kappa shape index (κ3) is 1.13. The van der Waals surface area contributed by atoms with Gasteiger partial charge < -0.3 is 5.09 Å². The van der Waals surface area contributed by atoms with Gasteiger partial charge in [0.1, 0.15) is 0 Å². The molecular formula is C8H16NP. The highest BCUT2D eigenvalue weighted by atomic mass is 31.0. The van der Waals surface area contributed by atoms with Gasteiger partial charge in [-0.2, -0.15) is 0 Å². The third-order valence-corrected chi connectivity index (χ3v) is 2.97. The number of hydrogen-bond donors (Lipinski definition) is 1. The van der Waals surface area contributed by atoms with Gasteiger partial charge in [0.2, 0.25) is 0 Å². The fraction of sp³-hybridized carbons (Fsp3) is 0.750. The van der Waals surface area contributed by atoms with Crippen LogP contribution in [0.3, 0.4) is 0 Å². The van der Waals surface area contributed by atoms with E-state index in [1.807, 2.05) is 0 Å². The fourth-order valence-electron chi connectivity index (χ4n) is 1.77. The molecule has 1 aliphatic rings. The Morgan fingerprint density at radius 3 is 2.60 bits per heavy atom. The van der Waals surface area contributed by atoms with Crippen molar-refractivity contribution in [1.29, 1.82) is 0 Å². The van der Waals surface area contributed by atoms with Gasteiger partial charge in [-0.1, -0.05) is 29.3 Å². The Kier molecular flexibility index (Phi) is 2.17. The number of rotatable bonds is 3. The van der Waals surface area contributed by atoms with Gasteiger partial charge in [0.25, 0.3) is 0 Å². The summed E-state index contributed by atoms with van der Waals surface area (Å²) in [5, 5.41) is 3.12. The van der Waals surface area contributed by atoms with Gasteiger partial charge in [0, 0.05) is 6.54 Å². The van der Waals surface area contributed by atoms with Crippen LogP contribution in [0.5, 0.6) is 0 Å². The SMILES string of the molecule is C=CC1C(CNP)C1(C)C. The van der Waals surface area contributed by atoms with Crippen LogP contribution in [0.1, 0.15) is 13.8 Å². The maximum atomic E-state index is 3.82. The second-order valence-electron chi connectivity index (χ2n) is 3.60. The Balaban J connectivity index is 2.44. The average molecular weight is 157 g/mol. The van der Waals surface area contributed by atoms with E-state index < -0.39 is 0 Å². The summed E-state index contributed by atoms with van der Waals surface area (Å²) in [4.78, 5) is 0. The normalized spacial score (nSPS) is 35.5. The number of hydrogen-bond acceptors (Lipinski definition) is 1. The molecule has 0 bridgehead atoms. The van der Waals surface area contributed by atoms with E-state index in [1.54, 1.807) is 0 Å².